The first-order valence-corrected chi connectivity index (χ1v) is 11.4. The first kappa shape index (κ1) is 21.2. The van der Waals surface area contributed by atoms with Gasteiger partial charge in [-0.15, -0.1) is 0 Å². The largest absolute Gasteiger partial charge is 0.343 e. The van der Waals surface area contributed by atoms with Crippen molar-refractivity contribution in [1.29, 1.82) is 0 Å². The molecule has 0 bridgehead atoms. The lowest BCUT2D eigenvalue weighted by atomic mass is 9.73. The average Bonchev–Trinajstić information content (AvgIpc) is 3.21. The maximum absolute atomic E-state index is 13.3. The van der Waals surface area contributed by atoms with Crippen molar-refractivity contribution in [3.63, 3.8) is 0 Å². The number of para-hydroxylation sites is 1. The van der Waals surface area contributed by atoms with Crippen molar-refractivity contribution in [3.05, 3.63) is 88.8 Å². The number of Topliss-reactive ketones (excluding diaryl/α,β-unsaturated/α-hetero) is 1. The maximum atomic E-state index is 13.3. The summed E-state index contributed by atoms with van der Waals surface area (Å²) in [5.41, 5.74) is 4.91. The van der Waals surface area contributed by atoms with Gasteiger partial charge in [-0.05, 0) is 41.5 Å². The van der Waals surface area contributed by atoms with Gasteiger partial charge in [0.2, 0.25) is 0 Å². The predicted octanol–water partition coefficient (Wildman–Crippen LogP) is 5.36. The number of aryl methyl sites for hydroxylation is 1. The number of carbonyl (C=O) groups is 2. The van der Waals surface area contributed by atoms with Gasteiger partial charge < -0.3 is 10.6 Å². The topological polar surface area (TPSA) is 76.0 Å². The molecule has 6 nitrogen and oxygen atoms in total. The molecule has 0 fully saturated rings. The van der Waals surface area contributed by atoms with Gasteiger partial charge in [0.05, 0.1) is 6.20 Å². The van der Waals surface area contributed by atoms with E-state index in [-0.39, 0.29) is 23.1 Å². The molecule has 3 aromatic rings. The van der Waals surface area contributed by atoms with E-state index in [1.807, 2.05) is 30.3 Å². The summed E-state index contributed by atoms with van der Waals surface area (Å²) in [4.78, 5) is 26.5. The molecular weight excluding hydrogens is 412 g/mol. The summed E-state index contributed by atoms with van der Waals surface area (Å²) < 4.78 is 1.79. The first-order chi connectivity index (χ1) is 15.9. The number of nitrogens with zero attached hydrogens (tertiary/aromatic N) is 2. The predicted molar refractivity (Wildman–Crippen MR) is 129 cm³/mol. The Hall–Kier alpha value is -3.67. The third kappa shape index (κ3) is 3.86. The molecule has 33 heavy (non-hydrogen) atoms. The molecule has 2 N–H and O–H groups in total. The molecule has 0 spiro atoms. The van der Waals surface area contributed by atoms with E-state index >= 15 is 0 Å². The molecule has 2 aromatic carbocycles. The quantitative estimate of drug-likeness (QED) is 0.573. The number of anilines is 2. The molecule has 5 rings (SSSR count). The molecule has 2 heterocycles. The number of carbonyl (C=O) groups excluding carboxylic acids is 2. The zero-order chi connectivity index (χ0) is 23.2. The van der Waals surface area contributed by atoms with Crippen LogP contribution in [-0.4, -0.2) is 21.5 Å². The van der Waals surface area contributed by atoms with Crippen LogP contribution in [0.3, 0.4) is 0 Å². The molecule has 1 atom stereocenters. The normalized spacial score (nSPS) is 18.9. The van der Waals surface area contributed by atoms with Crippen LogP contribution in [0.25, 0.3) is 0 Å². The summed E-state index contributed by atoms with van der Waals surface area (Å²) >= 11 is 0. The van der Waals surface area contributed by atoms with Crippen LogP contribution >= 0.6 is 0 Å². The van der Waals surface area contributed by atoms with Gasteiger partial charge in [0.15, 0.2) is 5.78 Å². The lowest BCUT2D eigenvalue weighted by Crippen LogP contribution is -2.37. The zero-order valence-electron chi connectivity index (χ0n) is 19.2. The molecule has 1 aliphatic carbocycles. The summed E-state index contributed by atoms with van der Waals surface area (Å²) in [7, 11) is 0. The Balaban J connectivity index is 1.60. The van der Waals surface area contributed by atoms with Crippen LogP contribution in [-0.2, 0) is 11.2 Å². The van der Waals surface area contributed by atoms with Crippen LogP contribution in [0.4, 0.5) is 11.5 Å². The van der Waals surface area contributed by atoms with Gasteiger partial charge in [0.25, 0.3) is 5.91 Å². The molecule has 2 aliphatic rings. The number of ketones is 1. The smallest absolute Gasteiger partial charge is 0.261 e. The number of fused-ring (bicyclic) bond motifs is 1. The van der Waals surface area contributed by atoms with E-state index in [0.717, 1.165) is 35.4 Å². The number of benzene rings is 2. The summed E-state index contributed by atoms with van der Waals surface area (Å²) in [6.45, 7) is 6.34. The van der Waals surface area contributed by atoms with Gasteiger partial charge in [-0.2, -0.15) is 5.10 Å². The lowest BCUT2D eigenvalue weighted by molar-refractivity contribution is -0.118. The second-order valence-corrected chi connectivity index (χ2v) is 9.63. The first-order valence-electron chi connectivity index (χ1n) is 11.4. The Morgan fingerprint density at radius 1 is 1.12 bits per heavy atom. The van der Waals surface area contributed by atoms with Crippen molar-refractivity contribution >= 4 is 23.2 Å². The van der Waals surface area contributed by atoms with Crippen molar-refractivity contribution in [2.75, 3.05) is 10.6 Å². The van der Waals surface area contributed by atoms with Crippen molar-refractivity contribution in [2.45, 2.75) is 46.1 Å². The molecule has 168 valence electrons. The molecular formula is C27H28N4O2. The van der Waals surface area contributed by atoms with Gasteiger partial charge in [-0.3, -0.25) is 9.59 Å². The number of allylic oxidation sites excluding steroid dienone is 2. The standard InChI is InChI=1S/C27H28N4O2/c1-4-17-10-12-18(13-11-17)24-23-21(14-27(2,3)15-22(23)32)30-25-20(16-28-31(24)25)26(33)29-19-8-6-5-7-9-19/h5-13,16,24,30H,4,14-15H2,1-3H3,(H,29,33)/t24-/m1/s1. The third-order valence-electron chi connectivity index (χ3n) is 6.48. The highest BCUT2D eigenvalue weighted by molar-refractivity contribution is 6.08. The number of amides is 1. The van der Waals surface area contributed by atoms with Gasteiger partial charge in [-0.25, -0.2) is 4.68 Å². The van der Waals surface area contributed by atoms with Gasteiger partial charge >= 0.3 is 0 Å². The van der Waals surface area contributed by atoms with Crippen molar-refractivity contribution in [1.82, 2.24) is 9.78 Å². The van der Waals surface area contributed by atoms with Crippen molar-refractivity contribution in [3.8, 4) is 0 Å². The Labute approximate surface area is 193 Å². The number of nitrogens with one attached hydrogen (secondary N) is 2. The minimum absolute atomic E-state index is 0.134. The van der Waals surface area contributed by atoms with Crippen LogP contribution in [0, 0.1) is 5.41 Å². The van der Waals surface area contributed by atoms with Gasteiger partial charge in [0, 0.05) is 23.4 Å². The highest BCUT2D eigenvalue weighted by atomic mass is 16.1. The second-order valence-electron chi connectivity index (χ2n) is 9.63. The van der Waals surface area contributed by atoms with Crippen LogP contribution in [0.15, 0.2) is 72.1 Å². The molecule has 0 saturated carbocycles. The number of aromatic nitrogens is 2. The molecule has 0 unspecified atom stereocenters. The fraction of sp³-hybridized carbons (Fsp3) is 0.296. The average molecular weight is 441 g/mol. The second kappa shape index (κ2) is 8.03. The molecule has 6 heteroatoms. The van der Waals surface area contributed by atoms with Crippen LogP contribution in [0.2, 0.25) is 0 Å². The highest BCUT2D eigenvalue weighted by Gasteiger charge is 2.42. The Morgan fingerprint density at radius 2 is 1.85 bits per heavy atom. The number of rotatable bonds is 4. The van der Waals surface area contributed by atoms with E-state index in [2.05, 4.69) is 60.8 Å². The van der Waals surface area contributed by atoms with E-state index in [4.69, 9.17) is 0 Å². The summed E-state index contributed by atoms with van der Waals surface area (Å²) in [5, 5.41) is 11.0. The zero-order valence-corrected chi connectivity index (χ0v) is 19.2. The fourth-order valence-electron chi connectivity index (χ4n) is 4.84. The molecule has 0 saturated heterocycles. The van der Waals surface area contributed by atoms with Crippen molar-refractivity contribution < 1.29 is 9.59 Å². The summed E-state index contributed by atoms with van der Waals surface area (Å²) in [6, 6.07) is 17.3. The molecule has 1 aromatic heterocycles. The highest BCUT2D eigenvalue weighted by Crippen LogP contribution is 2.46. The fourth-order valence-corrected chi connectivity index (χ4v) is 4.84. The van der Waals surface area contributed by atoms with E-state index in [0.29, 0.717) is 17.8 Å². The third-order valence-corrected chi connectivity index (χ3v) is 6.48. The summed E-state index contributed by atoms with van der Waals surface area (Å²) in [6.07, 6.45) is 3.77. The van der Waals surface area contributed by atoms with Crippen LogP contribution in [0.1, 0.15) is 61.1 Å². The Kier molecular flexibility index (Phi) is 5.16. The van der Waals surface area contributed by atoms with Crippen LogP contribution in [0.5, 0.6) is 0 Å². The number of hydrogen-bond acceptors (Lipinski definition) is 4. The SMILES string of the molecule is CCc1ccc([C@@H]2C3=C(CC(C)(C)CC3=O)Nc3c(C(=O)Nc4ccccc4)cnn32)cc1. The lowest BCUT2D eigenvalue weighted by Gasteiger charge is -2.39. The molecule has 1 aliphatic heterocycles. The number of hydrogen-bond donors (Lipinski definition) is 2. The van der Waals surface area contributed by atoms with Crippen molar-refractivity contribution in [2.24, 2.45) is 5.41 Å². The molecule has 1 amide bonds. The Morgan fingerprint density at radius 3 is 2.55 bits per heavy atom. The maximum Gasteiger partial charge on any atom is 0.261 e. The van der Waals surface area contributed by atoms with E-state index in [9.17, 15) is 9.59 Å². The monoisotopic (exact) mass is 440 g/mol. The minimum atomic E-state index is -0.357. The van der Waals surface area contributed by atoms with E-state index < -0.39 is 0 Å². The minimum Gasteiger partial charge on any atom is -0.343 e. The van der Waals surface area contributed by atoms with Gasteiger partial charge in [-0.1, -0.05) is 63.2 Å². The Bertz CT molecular complexity index is 1250. The van der Waals surface area contributed by atoms with Gasteiger partial charge in [0.1, 0.15) is 17.4 Å². The van der Waals surface area contributed by atoms with E-state index in [1.165, 1.54) is 5.56 Å². The molecule has 0 radical (unpaired) electrons. The van der Waals surface area contributed by atoms with E-state index in [1.54, 1.807) is 10.9 Å². The van der Waals surface area contributed by atoms with Crippen LogP contribution < -0.4 is 10.6 Å². The summed E-state index contributed by atoms with van der Waals surface area (Å²) in [5.74, 6) is 0.521.